The molecular formula is C19H23NO. The second kappa shape index (κ2) is 5.72. The van der Waals surface area contributed by atoms with Crippen LogP contribution in [-0.2, 0) is 5.41 Å². The lowest BCUT2D eigenvalue weighted by Gasteiger charge is -2.24. The van der Waals surface area contributed by atoms with Gasteiger partial charge in [0.1, 0.15) is 0 Å². The zero-order chi connectivity index (χ0) is 15.6. The fraction of sp³-hybridized carbons (Fsp3) is 0.316. The van der Waals surface area contributed by atoms with Crippen molar-refractivity contribution in [1.82, 2.24) is 0 Å². The number of anilines is 1. The molecule has 0 atom stereocenters. The Kier molecular flexibility index (Phi) is 4.17. The molecule has 2 aromatic carbocycles. The SMILES string of the molecule is CC(C)c1ccc(C(=O)C(C)(C)c2ccc(N)cc2)cc1. The Bertz CT molecular complexity index is 622. The Morgan fingerprint density at radius 1 is 0.952 bits per heavy atom. The smallest absolute Gasteiger partial charge is 0.172 e. The van der Waals surface area contributed by atoms with Crippen LogP contribution in [0.15, 0.2) is 48.5 Å². The number of ketones is 1. The van der Waals surface area contributed by atoms with E-state index in [0.29, 0.717) is 11.6 Å². The van der Waals surface area contributed by atoms with Crippen molar-refractivity contribution >= 4 is 11.5 Å². The van der Waals surface area contributed by atoms with Crippen molar-refractivity contribution in [2.45, 2.75) is 39.0 Å². The van der Waals surface area contributed by atoms with Crippen molar-refractivity contribution in [1.29, 1.82) is 0 Å². The summed E-state index contributed by atoms with van der Waals surface area (Å²) in [6.45, 7) is 8.21. The summed E-state index contributed by atoms with van der Waals surface area (Å²) in [5, 5.41) is 0. The van der Waals surface area contributed by atoms with Gasteiger partial charge >= 0.3 is 0 Å². The van der Waals surface area contributed by atoms with E-state index in [0.717, 1.165) is 11.1 Å². The highest BCUT2D eigenvalue weighted by Gasteiger charge is 2.30. The van der Waals surface area contributed by atoms with Crippen LogP contribution in [0.25, 0.3) is 0 Å². The van der Waals surface area contributed by atoms with Crippen molar-refractivity contribution in [2.75, 3.05) is 5.73 Å². The van der Waals surface area contributed by atoms with Gasteiger partial charge in [-0.05, 0) is 43.0 Å². The Labute approximate surface area is 127 Å². The number of benzene rings is 2. The lowest BCUT2D eigenvalue weighted by Crippen LogP contribution is -2.29. The van der Waals surface area contributed by atoms with Gasteiger partial charge < -0.3 is 5.73 Å². The molecule has 0 radical (unpaired) electrons. The third-order valence-corrected chi connectivity index (χ3v) is 4.04. The quantitative estimate of drug-likeness (QED) is 0.660. The van der Waals surface area contributed by atoms with Crippen LogP contribution < -0.4 is 5.73 Å². The van der Waals surface area contributed by atoms with Gasteiger partial charge in [-0.3, -0.25) is 4.79 Å². The van der Waals surface area contributed by atoms with Gasteiger partial charge in [-0.1, -0.05) is 50.2 Å². The molecule has 0 aromatic heterocycles. The Hall–Kier alpha value is -2.09. The zero-order valence-electron chi connectivity index (χ0n) is 13.2. The molecule has 2 rings (SSSR count). The first kappa shape index (κ1) is 15.3. The van der Waals surface area contributed by atoms with Gasteiger partial charge in [0.05, 0.1) is 5.41 Å². The highest BCUT2D eigenvalue weighted by Crippen LogP contribution is 2.29. The van der Waals surface area contributed by atoms with Crippen molar-refractivity contribution in [3.05, 3.63) is 65.2 Å². The van der Waals surface area contributed by atoms with Crippen LogP contribution in [0.5, 0.6) is 0 Å². The Morgan fingerprint density at radius 3 is 1.95 bits per heavy atom. The van der Waals surface area contributed by atoms with Crippen molar-refractivity contribution < 1.29 is 4.79 Å². The average Bonchev–Trinajstić information content (AvgIpc) is 2.47. The summed E-state index contributed by atoms with van der Waals surface area (Å²) < 4.78 is 0. The maximum atomic E-state index is 12.8. The molecule has 0 aliphatic rings. The minimum atomic E-state index is -0.562. The van der Waals surface area contributed by atoms with Crippen molar-refractivity contribution in [3.63, 3.8) is 0 Å². The third kappa shape index (κ3) is 3.15. The van der Waals surface area contributed by atoms with Gasteiger partial charge in [-0.2, -0.15) is 0 Å². The number of carbonyl (C=O) groups excluding carboxylic acids is 1. The number of nitrogen functional groups attached to an aromatic ring is 1. The molecule has 110 valence electrons. The summed E-state index contributed by atoms with van der Waals surface area (Å²) in [5.74, 6) is 0.599. The summed E-state index contributed by atoms with van der Waals surface area (Å²) in [6.07, 6.45) is 0. The molecule has 0 saturated carbocycles. The minimum Gasteiger partial charge on any atom is -0.399 e. The van der Waals surface area contributed by atoms with E-state index in [9.17, 15) is 4.79 Å². The summed E-state index contributed by atoms with van der Waals surface area (Å²) in [4.78, 5) is 12.8. The van der Waals surface area contributed by atoms with Gasteiger partial charge in [0.25, 0.3) is 0 Å². The van der Waals surface area contributed by atoms with E-state index >= 15 is 0 Å². The number of hydrogen-bond acceptors (Lipinski definition) is 2. The lowest BCUT2D eigenvalue weighted by atomic mass is 9.78. The molecule has 0 aliphatic carbocycles. The first-order valence-electron chi connectivity index (χ1n) is 7.33. The van der Waals surface area contributed by atoms with Gasteiger partial charge in [0, 0.05) is 11.3 Å². The van der Waals surface area contributed by atoms with Crippen LogP contribution in [0.4, 0.5) is 5.69 Å². The fourth-order valence-electron chi connectivity index (χ4n) is 2.41. The van der Waals surface area contributed by atoms with Gasteiger partial charge in [-0.15, -0.1) is 0 Å². The second-order valence-corrected chi connectivity index (χ2v) is 6.35. The number of Topliss-reactive ketones (excluding diaryl/α,β-unsaturated/α-hetero) is 1. The molecular weight excluding hydrogens is 258 g/mol. The van der Waals surface area contributed by atoms with Crippen LogP contribution in [0, 0.1) is 0 Å². The molecule has 0 bridgehead atoms. The minimum absolute atomic E-state index is 0.127. The zero-order valence-corrected chi connectivity index (χ0v) is 13.2. The normalized spacial score (nSPS) is 11.7. The first-order chi connectivity index (χ1) is 9.82. The molecule has 0 amide bonds. The van der Waals surface area contributed by atoms with E-state index in [4.69, 9.17) is 5.73 Å². The largest absolute Gasteiger partial charge is 0.399 e. The van der Waals surface area contributed by atoms with E-state index in [2.05, 4.69) is 13.8 Å². The lowest BCUT2D eigenvalue weighted by molar-refractivity contribution is 0.0908. The molecule has 2 N–H and O–H groups in total. The van der Waals surface area contributed by atoms with E-state index in [1.54, 1.807) is 0 Å². The standard InChI is InChI=1S/C19H23NO/c1-13(2)14-5-7-15(8-6-14)18(21)19(3,4)16-9-11-17(20)12-10-16/h5-13H,20H2,1-4H3. The number of rotatable bonds is 4. The molecule has 0 saturated heterocycles. The van der Waals surface area contributed by atoms with Crippen LogP contribution >= 0.6 is 0 Å². The van der Waals surface area contributed by atoms with Crippen molar-refractivity contribution in [2.24, 2.45) is 0 Å². The molecule has 0 unspecified atom stereocenters. The van der Waals surface area contributed by atoms with Crippen molar-refractivity contribution in [3.8, 4) is 0 Å². The molecule has 0 aliphatic heterocycles. The van der Waals surface area contributed by atoms with E-state index < -0.39 is 5.41 Å². The first-order valence-corrected chi connectivity index (χ1v) is 7.33. The maximum Gasteiger partial charge on any atom is 0.172 e. The molecule has 0 spiro atoms. The summed E-state index contributed by atoms with van der Waals surface area (Å²) >= 11 is 0. The second-order valence-electron chi connectivity index (χ2n) is 6.35. The van der Waals surface area contributed by atoms with E-state index in [-0.39, 0.29) is 5.78 Å². The monoisotopic (exact) mass is 281 g/mol. The molecule has 2 nitrogen and oxygen atoms in total. The van der Waals surface area contributed by atoms with E-state index in [1.807, 2.05) is 62.4 Å². The summed E-state index contributed by atoms with van der Waals surface area (Å²) in [7, 11) is 0. The van der Waals surface area contributed by atoms with E-state index in [1.165, 1.54) is 5.56 Å². The maximum absolute atomic E-state index is 12.8. The number of carbonyl (C=O) groups is 1. The molecule has 2 heteroatoms. The highest BCUT2D eigenvalue weighted by molar-refractivity contribution is 6.03. The average molecular weight is 281 g/mol. The molecule has 21 heavy (non-hydrogen) atoms. The van der Waals surface area contributed by atoms with Crippen LogP contribution in [-0.4, -0.2) is 5.78 Å². The van der Waals surface area contributed by atoms with Crippen LogP contribution in [0.2, 0.25) is 0 Å². The third-order valence-electron chi connectivity index (χ3n) is 4.04. The topological polar surface area (TPSA) is 43.1 Å². The fourth-order valence-corrected chi connectivity index (χ4v) is 2.41. The highest BCUT2D eigenvalue weighted by atomic mass is 16.1. The molecule has 0 heterocycles. The predicted octanol–water partition coefficient (Wildman–Crippen LogP) is 4.55. The Morgan fingerprint density at radius 2 is 1.48 bits per heavy atom. The van der Waals surface area contributed by atoms with Gasteiger partial charge in [0.2, 0.25) is 0 Å². The summed E-state index contributed by atoms with van der Waals surface area (Å²) in [5.41, 5.74) is 8.85. The van der Waals surface area contributed by atoms with Crippen LogP contribution in [0.3, 0.4) is 0 Å². The molecule has 2 aromatic rings. The van der Waals surface area contributed by atoms with Crippen LogP contribution in [0.1, 0.15) is 55.1 Å². The Balaban J connectivity index is 2.31. The predicted molar refractivity (Wildman–Crippen MR) is 88.7 cm³/mol. The van der Waals surface area contributed by atoms with Gasteiger partial charge in [0.15, 0.2) is 5.78 Å². The van der Waals surface area contributed by atoms with Gasteiger partial charge in [-0.25, -0.2) is 0 Å². The summed E-state index contributed by atoms with van der Waals surface area (Å²) in [6, 6.07) is 15.5. The number of hydrogen-bond donors (Lipinski definition) is 1. The molecule has 0 fully saturated rings. The number of nitrogens with two attached hydrogens (primary N) is 1.